The lowest BCUT2D eigenvalue weighted by molar-refractivity contribution is 0.233. The molecule has 0 aromatic heterocycles. The molecule has 0 heterocycles. The summed E-state index contributed by atoms with van der Waals surface area (Å²) in [5, 5.41) is 0. The molecule has 12 heavy (non-hydrogen) atoms. The summed E-state index contributed by atoms with van der Waals surface area (Å²) in [7, 11) is 0. The van der Waals surface area contributed by atoms with Crippen molar-refractivity contribution in [3.05, 3.63) is 12.7 Å². The molecule has 0 aromatic rings. The van der Waals surface area contributed by atoms with E-state index in [0.29, 0.717) is 0 Å². The van der Waals surface area contributed by atoms with Crippen molar-refractivity contribution in [3.63, 3.8) is 0 Å². The van der Waals surface area contributed by atoms with Gasteiger partial charge in [0.25, 0.3) is 0 Å². The Balaban J connectivity index is 2.33. The molecule has 70 valence electrons. The van der Waals surface area contributed by atoms with E-state index in [1.165, 1.54) is 25.7 Å². The number of nitrogens with zero attached hydrogens (tertiary/aromatic N) is 1. The number of rotatable bonds is 5. The molecule has 1 aliphatic rings. The monoisotopic (exact) mass is 187 g/mol. The third-order valence-corrected chi connectivity index (χ3v) is 2.75. The van der Waals surface area contributed by atoms with Crippen molar-refractivity contribution in [2.75, 3.05) is 19.0 Å². The van der Waals surface area contributed by atoms with Gasteiger partial charge in [0, 0.05) is 25.0 Å². The smallest absolute Gasteiger partial charge is 0.0351 e. The number of hydrogen-bond donors (Lipinski definition) is 0. The largest absolute Gasteiger partial charge is 0.296 e. The zero-order valence-corrected chi connectivity index (χ0v) is 8.39. The van der Waals surface area contributed by atoms with Gasteiger partial charge in [0.15, 0.2) is 0 Å². The first-order chi connectivity index (χ1) is 5.88. The Hall–Kier alpha value is -0.0100. The van der Waals surface area contributed by atoms with E-state index >= 15 is 0 Å². The Bertz CT molecular complexity index is 130. The molecule has 0 radical (unpaired) electrons. The van der Waals surface area contributed by atoms with Crippen LogP contribution in [-0.2, 0) is 0 Å². The third kappa shape index (κ3) is 2.80. The van der Waals surface area contributed by atoms with Crippen molar-refractivity contribution in [1.29, 1.82) is 0 Å². The van der Waals surface area contributed by atoms with Crippen molar-refractivity contribution in [3.8, 4) is 0 Å². The predicted octanol–water partition coefficient (Wildman–Crippen LogP) is 2.66. The average Bonchev–Trinajstić information content (AvgIpc) is 2.56. The number of alkyl halides is 1. The van der Waals surface area contributed by atoms with E-state index in [1.54, 1.807) is 0 Å². The molecule has 0 atom stereocenters. The van der Waals surface area contributed by atoms with Crippen molar-refractivity contribution in [2.45, 2.75) is 31.7 Å². The molecule has 0 aromatic carbocycles. The standard InChI is InChI=1S/C10H18ClN/c1-2-8-12(9-7-11)10-5-3-4-6-10/h2,10H,1,3-9H2. The van der Waals surface area contributed by atoms with Crippen molar-refractivity contribution >= 4 is 11.6 Å². The SMILES string of the molecule is C=CCN(CCCl)C1CCCC1. The minimum atomic E-state index is 0.740. The van der Waals surface area contributed by atoms with Gasteiger partial charge in [-0.25, -0.2) is 0 Å². The first kappa shape index (κ1) is 10.1. The molecule has 0 spiro atoms. The summed E-state index contributed by atoms with van der Waals surface area (Å²) in [5.41, 5.74) is 0. The highest BCUT2D eigenvalue weighted by Crippen LogP contribution is 2.23. The van der Waals surface area contributed by atoms with Gasteiger partial charge >= 0.3 is 0 Å². The van der Waals surface area contributed by atoms with Gasteiger partial charge in [0.2, 0.25) is 0 Å². The maximum absolute atomic E-state index is 5.73. The van der Waals surface area contributed by atoms with Crippen LogP contribution in [0.3, 0.4) is 0 Å². The maximum atomic E-state index is 5.73. The van der Waals surface area contributed by atoms with Crippen LogP contribution < -0.4 is 0 Å². The summed E-state index contributed by atoms with van der Waals surface area (Å²) in [4.78, 5) is 2.45. The highest BCUT2D eigenvalue weighted by molar-refractivity contribution is 6.18. The summed E-state index contributed by atoms with van der Waals surface area (Å²) < 4.78 is 0. The quantitative estimate of drug-likeness (QED) is 0.473. The molecule has 0 bridgehead atoms. The zero-order chi connectivity index (χ0) is 8.81. The summed E-state index contributed by atoms with van der Waals surface area (Å²) >= 11 is 5.73. The lowest BCUT2D eigenvalue weighted by Gasteiger charge is -2.26. The molecule has 2 heteroatoms. The Morgan fingerprint density at radius 2 is 2.08 bits per heavy atom. The predicted molar refractivity (Wildman–Crippen MR) is 54.7 cm³/mol. The van der Waals surface area contributed by atoms with Gasteiger partial charge in [-0.1, -0.05) is 18.9 Å². The van der Waals surface area contributed by atoms with Crippen LogP contribution in [0, 0.1) is 0 Å². The van der Waals surface area contributed by atoms with Crippen molar-refractivity contribution < 1.29 is 0 Å². The van der Waals surface area contributed by atoms with Crippen LogP contribution in [0.5, 0.6) is 0 Å². The van der Waals surface area contributed by atoms with Crippen LogP contribution >= 0.6 is 11.6 Å². The van der Waals surface area contributed by atoms with Gasteiger partial charge in [0.1, 0.15) is 0 Å². The van der Waals surface area contributed by atoms with E-state index in [0.717, 1.165) is 25.0 Å². The Kier molecular flexibility index (Phi) is 4.70. The second-order valence-electron chi connectivity index (χ2n) is 3.41. The van der Waals surface area contributed by atoms with Gasteiger partial charge in [-0.15, -0.1) is 18.2 Å². The summed E-state index contributed by atoms with van der Waals surface area (Å²) in [6.07, 6.45) is 7.46. The fraction of sp³-hybridized carbons (Fsp3) is 0.800. The molecule has 1 nitrogen and oxygen atoms in total. The van der Waals surface area contributed by atoms with Crippen LogP contribution in [0.4, 0.5) is 0 Å². The average molecular weight is 188 g/mol. The lowest BCUT2D eigenvalue weighted by Crippen LogP contribution is -2.34. The van der Waals surface area contributed by atoms with E-state index in [2.05, 4.69) is 11.5 Å². The summed E-state index contributed by atoms with van der Waals surface area (Å²) in [6, 6.07) is 0.779. The minimum Gasteiger partial charge on any atom is -0.296 e. The normalized spacial score (nSPS) is 18.8. The first-order valence-electron chi connectivity index (χ1n) is 4.79. The maximum Gasteiger partial charge on any atom is 0.0351 e. The Morgan fingerprint density at radius 1 is 1.42 bits per heavy atom. The second kappa shape index (κ2) is 5.60. The third-order valence-electron chi connectivity index (χ3n) is 2.58. The Labute approximate surface area is 80.4 Å². The van der Waals surface area contributed by atoms with Gasteiger partial charge in [0.05, 0.1) is 0 Å². The van der Waals surface area contributed by atoms with Crippen LogP contribution in [0.2, 0.25) is 0 Å². The van der Waals surface area contributed by atoms with Crippen molar-refractivity contribution in [1.82, 2.24) is 4.90 Å². The van der Waals surface area contributed by atoms with E-state index in [4.69, 9.17) is 11.6 Å². The van der Waals surface area contributed by atoms with Crippen LogP contribution in [0.25, 0.3) is 0 Å². The first-order valence-corrected chi connectivity index (χ1v) is 5.33. The highest BCUT2D eigenvalue weighted by atomic mass is 35.5. The zero-order valence-electron chi connectivity index (χ0n) is 7.64. The fourth-order valence-electron chi connectivity index (χ4n) is 1.97. The molecule has 0 aliphatic heterocycles. The summed E-state index contributed by atoms with van der Waals surface area (Å²) in [5.74, 6) is 0.740. The minimum absolute atomic E-state index is 0.740. The van der Waals surface area contributed by atoms with E-state index < -0.39 is 0 Å². The molecular formula is C10H18ClN. The van der Waals surface area contributed by atoms with E-state index in [-0.39, 0.29) is 0 Å². The molecule has 1 fully saturated rings. The van der Waals surface area contributed by atoms with Gasteiger partial charge < -0.3 is 0 Å². The number of hydrogen-bond acceptors (Lipinski definition) is 1. The van der Waals surface area contributed by atoms with E-state index in [1.807, 2.05) is 6.08 Å². The molecule has 1 rings (SSSR count). The summed E-state index contributed by atoms with van der Waals surface area (Å²) in [6.45, 7) is 5.78. The molecule has 0 amide bonds. The number of halogens is 1. The lowest BCUT2D eigenvalue weighted by atomic mass is 10.2. The van der Waals surface area contributed by atoms with Crippen LogP contribution in [0.1, 0.15) is 25.7 Å². The molecule has 0 N–H and O–H groups in total. The van der Waals surface area contributed by atoms with Crippen LogP contribution in [-0.4, -0.2) is 29.9 Å². The van der Waals surface area contributed by atoms with Gasteiger partial charge in [-0.3, -0.25) is 4.90 Å². The van der Waals surface area contributed by atoms with Gasteiger partial charge in [-0.05, 0) is 12.8 Å². The molecule has 1 aliphatic carbocycles. The highest BCUT2D eigenvalue weighted by Gasteiger charge is 2.20. The molecule has 0 unspecified atom stereocenters. The topological polar surface area (TPSA) is 3.24 Å². The van der Waals surface area contributed by atoms with Crippen LogP contribution in [0.15, 0.2) is 12.7 Å². The molecule has 0 saturated heterocycles. The molecule has 1 saturated carbocycles. The van der Waals surface area contributed by atoms with Gasteiger partial charge in [-0.2, -0.15) is 0 Å². The Morgan fingerprint density at radius 3 is 2.58 bits per heavy atom. The second-order valence-corrected chi connectivity index (χ2v) is 3.79. The van der Waals surface area contributed by atoms with E-state index in [9.17, 15) is 0 Å². The molecular weight excluding hydrogens is 170 g/mol. The van der Waals surface area contributed by atoms with Crippen molar-refractivity contribution in [2.24, 2.45) is 0 Å². The fourth-order valence-corrected chi connectivity index (χ4v) is 2.18.